The van der Waals surface area contributed by atoms with Crippen LogP contribution in [0.25, 0.3) is 0 Å². The van der Waals surface area contributed by atoms with Crippen LogP contribution in [0.15, 0.2) is 79.0 Å². The van der Waals surface area contributed by atoms with Crippen LogP contribution >= 0.6 is 11.6 Å². The highest BCUT2D eigenvalue weighted by Gasteiger charge is 2.43. The van der Waals surface area contributed by atoms with Crippen molar-refractivity contribution < 1.29 is 14.2 Å². The van der Waals surface area contributed by atoms with Gasteiger partial charge in [0.2, 0.25) is 18.3 Å². The molecular formula is C21H17ClN3O2+. The molecule has 134 valence electrons. The summed E-state index contributed by atoms with van der Waals surface area (Å²) >= 11 is 5.92. The SMILES string of the molecule is O=C(Nc1ccc(Cl)cc1)[C@H]1c2cccc[n+]2CC(=O)N1c1ccccc1. The molecule has 1 aliphatic heterocycles. The molecule has 5 nitrogen and oxygen atoms in total. The van der Waals surface area contributed by atoms with Gasteiger partial charge in [0.1, 0.15) is 0 Å². The lowest BCUT2D eigenvalue weighted by molar-refractivity contribution is -0.695. The highest BCUT2D eigenvalue weighted by Crippen LogP contribution is 2.29. The normalized spacial score (nSPS) is 16.0. The van der Waals surface area contributed by atoms with Crippen molar-refractivity contribution in [2.45, 2.75) is 12.6 Å². The molecule has 6 heteroatoms. The number of pyridine rings is 1. The van der Waals surface area contributed by atoms with E-state index in [-0.39, 0.29) is 18.4 Å². The number of rotatable bonds is 3. The Bertz CT molecular complexity index is 990. The standard InChI is InChI=1S/C21H16ClN3O2/c22-15-9-11-16(12-10-15)23-21(27)20-18-8-4-5-13-24(18)14-19(26)25(20)17-6-2-1-3-7-17/h1-13,20H,14H2/p+1/t20-/m1/s1. The zero-order valence-electron chi connectivity index (χ0n) is 14.4. The van der Waals surface area contributed by atoms with Crippen LogP contribution < -0.4 is 14.8 Å². The molecular weight excluding hydrogens is 362 g/mol. The van der Waals surface area contributed by atoms with Crippen LogP contribution in [0, 0.1) is 0 Å². The molecule has 0 fully saturated rings. The van der Waals surface area contributed by atoms with Gasteiger partial charge in [-0.25, -0.2) is 0 Å². The number of hydrogen-bond donors (Lipinski definition) is 1. The van der Waals surface area contributed by atoms with E-state index in [4.69, 9.17) is 11.6 Å². The molecule has 0 aliphatic carbocycles. The zero-order chi connectivity index (χ0) is 18.8. The van der Waals surface area contributed by atoms with E-state index in [1.54, 1.807) is 29.2 Å². The summed E-state index contributed by atoms with van der Waals surface area (Å²) in [6, 6.07) is 20.9. The molecule has 1 atom stereocenters. The molecule has 0 radical (unpaired) electrons. The van der Waals surface area contributed by atoms with Gasteiger partial charge in [-0.15, -0.1) is 0 Å². The van der Waals surface area contributed by atoms with Crippen molar-refractivity contribution in [1.29, 1.82) is 0 Å². The number of nitrogens with zero attached hydrogens (tertiary/aromatic N) is 2. The van der Waals surface area contributed by atoms with Crippen molar-refractivity contribution in [3.63, 3.8) is 0 Å². The maximum absolute atomic E-state index is 13.2. The number of aromatic nitrogens is 1. The molecule has 27 heavy (non-hydrogen) atoms. The molecule has 1 aliphatic rings. The smallest absolute Gasteiger partial charge is 0.294 e. The van der Waals surface area contributed by atoms with E-state index in [9.17, 15) is 9.59 Å². The van der Waals surface area contributed by atoms with Crippen molar-refractivity contribution in [3.05, 3.63) is 89.7 Å². The largest absolute Gasteiger partial charge is 0.324 e. The first kappa shape index (κ1) is 17.2. The number of halogens is 1. The predicted molar refractivity (Wildman–Crippen MR) is 103 cm³/mol. The molecule has 0 unspecified atom stereocenters. The second kappa shape index (κ2) is 7.21. The van der Waals surface area contributed by atoms with E-state index in [1.807, 2.05) is 59.3 Å². The molecule has 0 saturated heterocycles. The summed E-state index contributed by atoms with van der Waals surface area (Å²) in [5.74, 6) is -0.421. The lowest BCUT2D eigenvalue weighted by atomic mass is 10.0. The van der Waals surface area contributed by atoms with Crippen LogP contribution in [-0.4, -0.2) is 11.8 Å². The van der Waals surface area contributed by atoms with Gasteiger partial charge in [0.05, 0.1) is 0 Å². The number of carbonyl (C=O) groups is 2. The van der Waals surface area contributed by atoms with Crippen LogP contribution in [0.5, 0.6) is 0 Å². The van der Waals surface area contributed by atoms with Gasteiger partial charge < -0.3 is 5.32 Å². The Hall–Kier alpha value is -3.18. The third kappa shape index (κ3) is 3.41. The summed E-state index contributed by atoms with van der Waals surface area (Å²) in [5.41, 5.74) is 2.07. The number of fused-ring (bicyclic) bond motifs is 1. The van der Waals surface area contributed by atoms with Crippen LogP contribution in [0.3, 0.4) is 0 Å². The Morgan fingerprint density at radius 3 is 2.44 bits per heavy atom. The Labute approximate surface area is 161 Å². The van der Waals surface area contributed by atoms with Gasteiger partial charge in [-0.1, -0.05) is 35.9 Å². The summed E-state index contributed by atoms with van der Waals surface area (Å²) in [6.45, 7) is 0.190. The zero-order valence-corrected chi connectivity index (χ0v) is 15.1. The number of carbonyl (C=O) groups excluding carboxylic acids is 2. The summed E-state index contributed by atoms with van der Waals surface area (Å²) in [5, 5.41) is 3.49. The van der Waals surface area contributed by atoms with Gasteiger partial charge in [-0.3, -0.25) is 14.5 Å². The van der Waals surface area contributed by atoms with Crippen molar-refractivity contribution in [1.82, 2.24) is 0 Å². The highest BCUT2D eigenvalue weighted by molar-refractivity contribution is 6.30. The fraction of sp³-hybridized carbons (Fsp3) is 0.0952. The van der Waals surface area contributed by atoms with E-state index in [1.165, 1.54) is 0 Å². The van der Waals surface area contributed by atoms with E-state index < -0.39 is 6.04 Å². The van der Waals surface area contributed by atoms with Gasteiger partial charge in [0.15, 0.2) is 6.20 Å². The van der Waals surface area contributed by atoms with Crippen LogP contribution in [0.4, 0.5) is 11.4 Å². The molecule has 2 aromatic carbocycles. The number of hydrogen-bond acceptors (Lipinski definition) is 2. The van der Waals surface area contributed by atoms with Gasteiger partial charge in [-0.05, 0) is 36.4 Å². The topological polar surface area (TPSA) is 53.3 Å². The Balaban J connectivity index is 1.75. The highest BCUT2D eigenvalue weighted by atomic mass is 35.5. The average Bonchev–Trinajstić information content (AvgIpc) is 2.69. The fourth-order valence-electron chi connectivity index (χ4n) is 3.26. The molecule has 0 saturated carbocycles. The molecule has 0 spiro atoms. The third-order valence-electron chi connectivity index (χ3n) is 4.48. The van der Waals surface area contributed by atoms with E-state index >= 15 is 0 Å². The maximum Gasteiger partial charge on any atom is 0.294 e. The molecule has 2 amide bonds. The Morgan fingerprint density at radius 2 is 1.70 bits per heavy atom. The summed E-state index contributed by atoms with van der Waals surface area (Å²) < 4.78 is 1.81. The number of anilines is 2. The molecule has 0 bridgehead atoms. The molecule has 1 aromatic heterocycles. The molecule has 3 aromatic rings. The Morgan fingerprint density at radius 1 is 1.00 bits per heavy atom. The minimum absolute atomic E-state index is 0.138. The molecule has 4 rings (SSSR count). The second-order valence-electron chi connectivity index (χ2n) is 6.25. The molecule has 1 N–H and O–H groups in total. The third-order valence-corrected chi connectivity index (χ3v) is 4.73. The number of para-hydroxylation sites is 1. The fourth-order valence-corrected chi connectivity index (χ4v) is 3.38. The van der Waals surface area contributed by atoms with Crippen molar-refractivity contribution >= 4 is 34.8 Å². The van der Waals surface area contributed by atoms with Gasteiger partial charge in [0.25, 0.3) is 11.8 Å². The lowest BCUT2D eigenvalue weighted by Gasteiger charge is -2.32. The minimum Gasteiger partial charge on any atom is -0.324 e. The quantitative estimate of drug-likeness (QED) is 0.710. The van der Waals surface area contributed by atoms with Gasteiger partial charge >= 0.3 is 0 Å². The number of nitrogens with one attached hydrogen (secondary N) is 1. The molecule has 2 heterocycles. The monoisotopic (exact) mass is 378 g/mol. The van der Waals surface area contributed by atoms with Crippen molar-refractivity contribution in [2.24, 2.45) is 0 Å². The van der Waals surface area contributed by atoms with E-state index in [0.717, 1.165) is 5.69 Å². The summed E-state index contributed by atoms with van der Waals surface area (Å²) in [4.78, 5) is 27.6. The van der Waals surface area contributed by atoms with Crippen LogP contribution in [0.2, 0.25) is 5.02 Å². The predicted octanol–water partition coefficient (Wildman–Crippen LogP) is 3.35. The van der Waals surface area contributed by atoms with Crippen LogP contribution in [-0.2, 0) is 16.1 Å². The minimum atomic E-state index is -0.773. The second-order valence-corrected chi connectivity index (χ2v) is 6.69. The maximum atomic E-state index is 13.2. The van der Waals surface area contributed by atoms with Crippen molar-refractivity contribution in [3.8, 4) is 0 Å². The summed E-state index contributed by atoms with van der Waals surface area (Å²) in [6.07, 6.45) is 1.82. The average molecular weight is 379 g/mol. The first-order valence-electron chi connectivity index (χ1n) is 8.55. The summed E-state index contributed by atoms with van der Waals surface area (Å²) in [7, 11) is 0. The number of benzene rings is 2. The van der Waals surface area contributed by atoms with E-state index in [0.29, 0.717) is 16.4 Å². The van der Waals surface area contributed by atoms with Gasteiger partial charge in [-0.2, -0.15) is 4.57 Å². The van der Waals surface area contributed by atoms with Crippen LogP contribution in [0.1, 0.15) is 11.7 Å². The van der Waals surface area contributed by atoms with Crippen molar-refractivity contribution in [2.75, 3.05) is 10.2 Å². The van der Waals surface area contributed by atoms with E-state index in [2.05, 4.69) is 5.32 Å². The first-order valence-corrected chi connectivity index (χ1v) is 8.93. The number of amides is 2. The van der Waals surface area contributed by atoms with Gasteiger partial charge in [0, 0.05) is 28.5 Å². The lowest BCUT2D eigenvalue weighted by Crippen LogP contribution is -2.58. The first-order chi connectivity index (χ1) is 13.1. The Kier molecular flexibility index (Phi) is 4.60.